The van der Waals surface area contributed by atoms with E-state index in [1.54, 1.807) is 20.8 Å². The van der Waals surface area contributed by atoms with E-state index in [2.05, 4.69) is 9.72 Å². The summed E-state index contributed by atoms with van der Waals surface area (Å²) < 4.78 is 33.3. The molecule has 6 heteroatoms. The van der Waals surface area contributed by atoms with E-state index in [1.807, 2.05) is 0 Å². The van der Waals surface area contributed by atoms with Gasteiger partial charge in [0.1, 0.15) is 11.4 Å². The van der Waals surface area contributed by atoms with E-state index in [-0.39, 0.29) is 12.2 Å². The Hall–Kier alpha value is -1.72. The van der Waals surface area contributed by atoms with Gasteiger partial charge in [-0.1, -0.05) is 0 Å². The molecule has 0 aliphatic rings. The minimum atomic E-state index is -2.90. The molecule has 1 rings (SSSR count). The minimum absolute atomic E-state index is 0.0291. The summed E-state index contributed by atoms with van der Waals surface area (Å²) in [5.41, 5.74) is -0.267. The Balaban J connectivity index is 2.65. The fraction of sp³-hybridized carbons (Fsp3) is 0.500. The zero-order chi connectivity index (χ0) is 13.8. The van der Waals surface area contributed by atoms with Gasteiger partial charge in [0.05, 0.1) is 12.1 Å². The molecule has 0 fully saturated rings. The lowest BCUT2D eigenvalue weighted by Crippen LogP contribution is -2.25. The van der Waals surface area contributed by atoms with E-state index < -0.39 is 18.2 Å². The lowest BCUT2D eigenvalue weighted by Gasteiger charge is -2.19. The predicted molar refractivity (Wildman–Crippen MR) is 60.4 cm³/mol. The molecule has 1 aromatic rings. The molecule has 18 heavy (non-hydrogen) atoms. The summed E-state index contributed by atoms with van der Waals surface area (Å²) in [5.74, 6) is -0.497. The molecule has 0 saturated carbocycles. The van der Waals surface area contributed by atoms with E-state index in [1.165, 1.54) is 18.3 Å². The van der Waals surface area contributed by atoms with Gasteiger partial charge in [0.25, 0.3) is 0 Å². The van der Waals surface area contributed by atoms with E-state index in [0.717, 1.165) is 0 Å². The lowest BCUT2D eigenvalue weighted by atomic mass is 10.2. The molecule has 0 aromatic carbocycles. The number of hydrogen-bond acceptors (Lipinski definition) is 4. The Morgan fingerprint density at radius 1 is 1.44 bits per heavy atom. The average molecular weight is 259 g/mol. The highest BCUT2D eigenvalue weighted by atomic mass is 19.3. The molecule has 4 nitrogen and oxygen atoms in total. The van der Waals surface area contributed by atoms with Gasteiger partial charge in [-0.3, -0.25) is 9.78 Å². The van der Waals surface area contributed by atoms with E-state index in [4.69, 9.17) is 4.74 Å². The third kappa shape index (κ3) is 5.56. The first kappa shape index (κ1) is 14.3. The van der Waals surface area contributed by atoms with Crippen LogP contribution in [0.25, 0.3) is 0 Å². The molecule has 0 radical (unpaired) electrons. The van der Waals surface area contributed by atoms with Crippen molar-refractivity contribution in [3.8, 4) is 5.75 Å². The fourth-order valence-corrected chi connectivity index (χ4v) is 1.25. The summed E-state index contributed by atoms with van der Waals surface area (Å²) in [7, 11) is 0. The first-order chi connectivity index (χ1) is 8.26. The minimum Gasteiger partial charge on any atom is -0.460 e. The van der Waals surface area contributed by atoms with Gasteiger partial charge in [0.15, 0.2) is 0 Å². The lowest BCUT2D eigenvalue weighted by molar-refractivity contribution is -0.153. The zero-order valence-corrected chi connectivity index (χ0v) is 10.4. The van der Waals surface area contributed by atoms with Crippen LogP contribution in [0, 0.1) is 0 Å². The summed E-state index contributed by atoms with van der Waals surface area (Å²) in [4.78, 5) is 15.4. The molecule has 0 N–H and O–H groups in total. The Labute approximate surface area is 104 Å². The van der Waals surface area contributed by atoms with Crippen LogP contribution >= 0.6 is 0 Å². The van der Waals surface area contributed by atoms with Crippen LogP contribution in [-0.2, 0) is 16.0 Å². The highest BCUT2D eigenvalue weighted by Gasteiger charge is 2.17. The van der Waals surface area contributed by atoms with Gasteiger partial charge in [0.2, 0.25) is 0 Å². The van der Waals surface area contributed by atoms with Crippen LogP contribution in [0.15, 0.2) is 18.3 Å². The smallest absolute Gasteiger partial charge is 0.387 e. The number of pyridine rings is 1. The van der Waals surface area contributed by atoms with E-state index in [9.17, 15) is 13.6 Å². The summed E-state index contributed by atoms with van der Waals surface area (Å²) in [5, 5.41) is 0. The van der Waals surface area contributed by atoms with Crippen molar-refractivity contribution in [2.75, 3.05) is 0 Å². The van der Waals surface area contributed by atoms with Crippen LogP contribution in [-0.4, -0.2) is 23.2 Å². The number of nitrogens with zero attached hydrogens (tertiary/aromatic N) is 1. The maximum absolute atomic E-state index is 12.0. The highest BCUT2D eigenvalue weighted by molar-refractivity contribution is 5.72. The number of carbonyl (C=O) groups is 1. The largest absolute Gasteiger partial charge is 0.460 e. The van der Waals surface area contributed by atoms with Crippen molar-refractivity contribution in [3.63, 3.8) is 0 Å². The van der Waals surface area contributed by atoms with Crippen molar-refractivity contribution >= 4 is 5.97 Å². The molecule has 1 aromatic heterocycles. The van der Waals surface area contributed by atoms with Crippen molar-refractivity contribution in [2.24, 2.45) is 0 Å². The van der Waals surface area contributed by atoms with Crippen LogP contribution in [0.2, 0.25) is 0 Å². The summed E-state index contributed by atoms with van der Waals surface area (Å²) >= 11 is 0. The summed E-state index contributed by atoms with van der Waals surface area (Å²) in [6, 6.07) is 2.58. The Bertz CT molecular complexity index is 416. The topological polar surface area (TPSA) is 48.4 Å². The number of aromatic nitrogens is 1. The Kier molecular flexibility index (Phi) is 4.58. The van der Waals surface area contributed by atoms with Gasteiger partial charge in [-0.05, 0) is 26.8 Å². The number of rotatable bonds is 4. The first-order valence-corrected chi connectivity index (χ1v) is 5.38. The highest BCUT2D eigenvalue weighted by Crippen LogP contribution is 2.15. The molecule has 0 aliphatic carbocycles. The van der Waals surface area contributed by atoms with Crippen LogP contribution in [0.3, 0.4) is 0 Å². The van der Waals surface area contributed by atoms with Crippen LogP contribution < -0.4 is 4.74 Å². The van der Waals surface area contributed by atoms with Gasteiger partial charge in [-0.25, -0.2) is 0 Å². The van der Waals surface area contributed by atoms with Gasteiger partial charge in [0, 0.05) is 12.3 Å². The second-order valence-electron chi connectivity index (χ2n) is 4.62. The van der Waals surface area contributed by atoms with Crippen molar-refractivity contribution in [2.45, 2.75) is 39.4 Å². The van der Waals surface area contributed by atoms with Gasteiger partial charge in [-0.2, -0.15) is 8.78 Å². The van der Waals surface area contributed by atoms with E-state index in [0.29, 0.717) is 5.69 Å². The third-order valence-corrected chi connectivity index (χ3v) is 1.76. The summed E-state index contributed by atoms with van der Waals surface area (Å²) in [6.45, 7) is 2.33. The van der Waals surface area contributed by atoms with E-state index >= 15 is 0 Å². The van der Waals surface area contributed by atoms with Crippen molar-refractivity contribution in [3.05, 3.63) is 24.0 Å². The van der Waals surface area contributed by atoms with Crippen molar-refractivity contribution < 1.29 is 23.0 Å². The second kappa shape index (κ2) is 5.75. The van der Waals surface area contributed by atoms with Gasteiger partial charge < -0.3 is 9.47 Å². The van der Waals surface area contributed by atoms with Gasteiger partial charge in [-0.15, -0.1) is 0 Å². The zero-order valence-electron chi connectivity index (χ0n) is 10.4. The van der Waals surface area contributed by atoms with Crippen molar-refractivity contribution in [1.82, 2.24) is 4.98 Å². The standard InChI is InChI=1S/C12H15F2NO3/c1-12(2,3)18-10(16)7-8-6-9(4-5-15-8)17-11(13)14/h4-6,11H,7H2,1-3H3. The molecule has 0 amide bonds. The molecular formula is C12H15F2NO3. The number of hydrogen-bond donors (Lipinski definition) is 0. The third-order valence-electron chi connectivity index (χ3n) is 1.76. The molecule has 0 saturated heterocycles. The second-order valence-corrected chi connectivity index (χ2v) is 4.62. The molecule has 1 heterocycles. The number of carbonyl (C=O) groups excluding carboxylic acids is 1. The number of halogens is 2. The number of alkyl halides is 2. The normalized spacial score (nSPS) is 11.4. The van der Waals surface area contributed by atoms with Crippen LogP contribution in [0.4, 0.5) is 8.78 Å². The van der Waals surface area contributed by atoms with Gasteiger partial charge >= 0.3 is 12.6 Å². The van der Waals surface area contributed by atoms with Crippen LogP contribution in [0.5, 0.6) is 5.75 Å². The summed E-state index contributed by atoms with van der Waals surface area (Å²) in [6.07, 6.45) is 1.22. The monoisotopic (exact) mass is 259 g/mol. The number of ether oxygens (including phenoxy) is 2. The predicted octanol–water partition coefficient (Wildman–Crippen LogP) is 2.57. The Morgan fingerprint density at radius 3 is 2.67 bits per heavy atom. The Morgan fingerprint density at radius 2 is 2.11 bits per heavy atom. The molecule has 0 spiro atoms. The maximum Gasteiger partial charge on any atom is 0.387 e. The SMILES string of the molecule is CC(C)(C)OC(=O)Cc1cc(OC(F)F)ccn1. The molecule has 0 atom stereocenters. The maximum atomic E-state index is 12.0. The molecule has 0 bridgehead atoms. The molecular weight excluding hydrogens is 244 g/mol. The first-order valence-electron chi connectivity index (χ1n) is 5.38. The molecule has 100 valence electrons. The fourth-order valence-electron chi connectivity index (χ4n) is 1.25. The van der Waals surface area contributed by atoms with Crippen molar-refractivity contribution in [1.29, 1.82) is 0 Å². The molecule has 0 unspecified atom stereocenters. The average Bonchev–Trinajstić information content (AvgIpc) is 2.13. The van der Waals surface area contributed by atoms with Crippen LogP contribution in [0.1, 0.15) is 26.5 Å². The quantitative estimate of drug-likeness (QED) is 0.780. The number of esters is 1. The molecule has 0 aliphatic heterocycles.